The van der Waals surface area contributed by atoms with Crippen molar-refractivity contribution in [3.05, 3.63) is 62.5 Å². The standard InChI is InChI=1S/C19H14BrCl2N3OS/c1-2-25-18(17-9-12-8-13(20)4-6-16(12)26-17)23-24-19(25)27-10-11-3-5-14(21)15(22)7-11/h3-9H,2,10H2,1H3. The highest BCUT2D eigenvalue weighted by Gasteiger charge is 2.17. The molecular weight excluding hydrogens is 469 g/mol. The molecule has 0 atom stereocenters. The second kappa shape index (κ2) is 7.87. The van der Waals surface area contributed by atoms with Gasteiger partial charge in [0.1, 0.15) is 5.58 Å². The van der Waals surface area contributed by atoms with E-state index >= 15 is 0 Å². The number of halogens is 3. The molecular formula is C19H14BrCl2N3OS. The van der Waals surface area contributed by atoms with Gasteiger partial charge in [-0.25, -0.2) is 0 Å². The van der Waals surface area contributed by atoms with Crippen molar-refractivity contribution in [1.82, 2.24) is 14.8 Å². The van der Waals surface area contributed by atoms with Crippen LogP contribution in [0.1, 0.15) is 12.5 Å². The largest absolute Gasteiger partial charge is 0.453 e. The van der Waals surface area contributed by atoms with E-state index in [-0.39, 0.29) is 0 Å². The van der Waals surface area contributed by atoms with Gasteiger partial charge in [-0.15, -0.1) is 10.2 Å². The summed E-state index contributed by atoms with van der Waals surface area (Å²) in [6.45, 7) is 2.81. The van der Waals surface area contributed by atoms with Crippen LogP contribution in [0.5, 0.6) is 0 Å². The lowest BCUT2D eigenvalue weighted by molar-refractivity contribution is 0.607. The second-order valence-electron chi connectivity index (χ2n) is 5.88. The van der Waals surface area contributed by atoms with Crippen molar-refractivity contribution in [3.8, 4) is 11.6 Å². The molecule has 4 nitrogen and oxygen atoms in total. The molecule has 2 aromatic carbocycles. The Kier molecular flexibility index (Phi) is 5.50. The molecule has 2 aromatic heterocycles. The smallest absolute Gasteiger partial charge is 0.200 e. The number of hydrogen-bond donors (Lipinski definition) is 0. The van der Waals surface area contributed by atoms with Crippen molar-refractivity contribution in [2.45, 2.75) is 24.4 Å². The van der Waals surface area contributed by atoms with Gasteiger partial charge in [0.05, 0.1) is 10.0 Å². The Bertz CT molecular complexity index is 1130. The molecule has 0 N–H and O–H groups in total. The van der Waals surface area contributed by atoms with Gasteiger partial charge in [0.25, 0.3) is 0 Å². The molecule has 0 spiro atoms. The number of aromatic nitrogens is 3. The first-order valence-corrected chi connectivity index (χ1v) is 10.8. The molecule has 0 aliphatic rings. The zero-order valence-electron chi connectivity index (χ0n) is 14.2. The highest BCUT2D eigenvalue weighted by Crippen LogP contribution is 2.32. The van der Waals surface area contributed by atoms with E-state index in [9.17, 15) is 0 Å². The molecule has 0 saturated carbocycles. The summed E-state index contributed by atoms with van der Waals surface area (Å²) in [5.41, 5.74) is 1.90. The molecule has 0 radical (unpaired) electrons. The van der Waals surface area contributed by atoms with E-state index in [0.29, 0.717) is 15.8 Å². The molecule has 4 aromatic rings. The van der Waals surface area contributed by atoms with Gasteiger partial charge in [-0.05, 0) is 48.9 Å². The molecule has 0 amide bonds. The van der Waals surface area contributed by atoms with E-state index in [4.69, 9.17) is 27.6 Å². The van der Waals surface area contributed by atoms with Crippen LogP contribution in [0.2, 0.25) is 10.0 Å². The molecule has 0 bridgehead atoms. The number of furan rings is 1. The van der Waals surface area contributed by atoms with Gasteiger partial charge in [0.15, 0.2) is 10.9 Å². The van der Waals surface area contributed by atoms with Crippen molar-refractivity contribution in [3.63, 3.8) is 0 Å². The Labute approximate surface area is 179 Å². The van der Waals surface area contributed by atoms with Gasteiger partial charge in [0, 0.05) is 22.2 Å². The zero-order valence-corrected chi connectivity index (χ0v) is 18.2. The molecule has 4 rings (SSSR count). The number of benzene rings is 2. The van der Waals surface area contributed by atoms with Crippen molar-refractivity contribution < 1.29 is 4.42 Å². The van der Waals surface area contributed by atoms with Crippen LogP contribution in [0.15, 0.2) is 56.5 Å². The number of fused-ring (bicyclic) bond motifs is 1. The van der Waals surface area contributed by atoms with Crippen LogP contribution < -0.4 is 0 Å². The first kappa shape index (κ1) is 18.9. The number of hydrogen-bond acceptors (Lipinski definition) is 4. The van der Waals surface area contributed by atoms with Gasteiger partial charge in [-0.1, -0.05) is 57.0 Å². The third kappa shape index (κ3) is 3.90. The lowest BCUT2D eigenvalue weighted by atomic mass is 10.2. The van der Waals surface area contributed by atoms with Gasteiger partial charge in [0.2, 0.25) is 5.82 Å². The van der Waals surface area contributed by atoms with Crippen LogP contribution in [-0.2, 0) is 12.3 Å². The zero-order chi connectivity index (χ0) is 19.0. The minimum atomic E-state index is 0.556. The number of thioether (sulfide) groups is 1. The maximum absolute atomic E-state index is 6.10. The van der Waals surface area contributed by atoms with Gasteiger partial charge in [-0.3, -0.25) is 4.57 Å². The molecule has 27 heavy (non-hydrogen) atoms. The van der Waals surface area contributed by atoms with Crippen LogP contribution in [-0.4, -0.2) is 14.8 Å². The van der Waals surface area contributed by atoms with E-state index in [2.05, 4.69) is 37.6 Å². The predicted molar refractivity (Wildman–Crippen MR) is 115 cm³/mol. The fourth-order valence-corrected chi connectivity index (χ4v) is 4.41. The molecule has 2 heterocycles. The van der Waals surface area contributed by atoms with Crippen molar-refractivity contribution in [2.24, 2.45) is 0 Å². The summed E-state index contributed by atoms with van der Waals surface area (Å²) in [6.07, 6.45) is 0. The summed E-state index contributed by atoms with van der Waals surface area (Å²) < 4.78 is 9.03. The maximum Gasteiger partial charge on any atom is 0.200 e. The van der Waals surface area contributed by atoms with Crippen molar-refractivity contribution in [1.29, 1.82) is 0 Å². The monoisotopic (exact) mass is 481 g/mol. The van der Waals surface area contributed by atoms with Crippen LogP contribution in [0, 0.1) is 0 Å². The number of rotatable bonds is 5. The number of nitrogens with zero attached hydrogens (tertiary/aromatic N) is 3. The molecule has 0 aliphatic heterocycles. The van der Waals surface area contributed by atoms with E-state index in [1.165, 1.54) is 0 Å². The summed E-state index contributed by atoms with van der Waals surface area (Å²) >= 11 is 17.2. The van der Waals surface area contributed by atoms with Crippen molar-refractivity contribution in [2.75, 3.05) is 0 Å². The Morgan fingerprint density at radius 2 is 1.93 bits per heavy atom. The van der Waals surface area contributed by atoms with E-state index in [1.807, 2.05) is 42.5 Å². The predicted octanol–water partition coefficient (Wildman–Crippen LogP) is 7.07. The molecule has 0 saturated heterocycles. The lowest BCUT2D eigenvalue weighted by Gasteiger charge is -2.06. The third-order valence-electron chi connectivity index (χ3n) is 4.08. The topological polar surface area (TPSA) is 43.9 Å². The Hall–Kier alpha value is -1.47. The fourth-order valence-electron chi connectivity index (χ4n) is 2.76. The quantitative estimate of drug-likeness (QED) is 0.285. The molecule has 138 valence electrons. The average molecular weight is 483 g/mol. The minimum absolute atomic E-state index is 0.556. The van der Waals surface area contributed by atoms with E-state index in [1.54, 1.807) is 11.8 Å². The second-order valence-corrected chi connectivity index (χ2v) is 8.55. The summed E-state index contributed by atoms with van der Waals surface area (Å²) in [5, 5.41) is 11.7. The first-order chi connectivity index (χ1) is 13.0. The van der Waals surface area contributed by atoms with Gasteiger partial charge in [-0.2, -0.15) is 0 Å². The highest BCUT2D eigenvalue weighted by molar-refractivity contribution is 9.10. The Balaban J connectivity index is 1.61. The van der Waals surface area contributed by atoms with E-state index in [0.717, 1.165) is 44.3 Å². The summed E-state index contributed by atoms with van der Waals surface area (Å²) in [6, 6.07) is 13.6. The lowest BCUT2D eigenvalue weighted by Crippen LogP contribution is -1.99. The first-order valence-electron chi connectivity index (χ1n) is 8.24. The summed E-state index contributed by atoms with van der Waals surface area (Å²) in [5.74, 6) is 2.16. The van der Waals surface area contributed by atoms with Gasteiger partial charge >= 0.3 is 0 Å². The van der Waals surface area contributed by atoms with Crippen LogP contribution >= 0.6 is 50.9 Å². The van der Waals surface area contributed by atoms with E-state index < -0.39 is 0 Å². The molecule has 0 unspecified atom stereocenters. The Morgan fingerprint density at radius 3 is 2.70 bits per heavy atom. The summed E-state index contributed by atoms with van der Waals surface area (Å²) in [4.78, 5) is 0. The Morgan fingerprint density at radius 1 is 1.07 bits per heavy atom. The highest BCUT2D eigenvalue weighted by atomic mass is 79.9. The van der Waals surface area contributed by atoms with Crippen LogP contribution in [0.25, 0.3) is 22.6 Å². The maximum atomic E-state index is 6.10. The van der Waals surface area contributed by atoms with Crippen LogP contribution in [0.4, 0.5) is 0 Å². The normalized spacial score (nSPS) is 11.4. The third-order valence-corrected chi connectivity index (χ3v) is 6.35. The molecule has 0 fully saturated rings. The SMILES string of the molecule is CCn1c(SCc2ccc(Cl)c(Cl)c2)nnc1-c1cc2cc(Br)ccc2o1. The minimum Gasteiger partial charge on any atom is -0.453 e. The molecule has 0 aliphatic carbocycles. The van der Waals surface area contributed by atoms with Crippen molar-refractivity contribution >= 4 is 61.9 Å². The molecule has 8 heteroatoms. The fraction of sp³-hybridized carbons (Fsp3) is 0.158. The van der Waals surface area contributed by atoms with Crippen LogP contribution in [0.3, 0.4) is 0 Å². The summed E-state index contributed by atoms with van der Waals surface area (Å²) in [7, 11) is 0. The van der Waals surface area contributed by atoms with Gasteiger partial charge < -0.3 is 4.42 Å². The average Bonchev–Trinajstić information content (AvgIpc) is 3.25.